The van der Waals surface area contributed by atoms with Gasteiger partial charge in [-0.25, -0.2) is 4.98 Å². The van der Waals surface area contributed by atoms with Gasteiger partial charge in [0, 0.05) is 26.1 Å². The molecule has 0 aliphatic carbocycles. The van der Waals surface area contributed by atoms with E-state index in [-0.39, 0.29) is 12.1 Å². The lowest BCUT2D eigenvalue weighted by atomic mass is 10.1. The highest BCUT2D eigenvalue weighted by molar-refractivity contribution is 9.11. The number of nitrogens with one attached hydrogen (secondary N) is 1. The van der Waals surface area contributed by atoms with Crippen molar-refractivity contribution >= 4 is 43.2 Å². The number of hydrogen-bond donors (Lipinski definition) is 1. The first-order valence-corrected chi connectivity index (χ1v) is 8.51. The molecule has 0 fully saturated rings. The molecule has 0 saturated carbocycles. The molecule has 0 radical (unpaired) electrons. The van der Waals surface area contributed by atoms with E-state index in [9.17, 15) is 0 Å². The first-order valence-electron chi connectivity index (χ1n) is 6.10. The lowest BCUT2D eigenvalue weighted by Crippen LogP contribution is -2.22. The quantitative estimate of drug-likeness (QED) is 0.740. The van der Waals surface area contributed by atoms with Gasteiger partial charge in [-0.05, 0) is 38.5 Å². The van der Waals surface area contributed by atoms with Crippen molar-refractivity contribution < 1.29 is 0 Å². The maximum atomic E-state index is 4.44. The maximum absolute atomic E-state index is 4.44. The van der Waals surface area contributed by atoms with E-state index in [0.717, 1.165) is 14.0 Å². The fourth-order valence-corrected chi connectivity index (χ4v) is 4.14. The summed E-state index contributed by atoms with van der Waals surface area (Å²) in [5, 5.41) is 4.73. The molecule has 1 heterocycles. The zero-order chi connectivity index (χ0) is 14.0. The topological polar surface area (TPSA) is 24.9 Å². The van der Waals surface area contributed by atoms with Crippen molar-refractivity contribution in [2.75, 3.05) is 0 Å². The van der Waals surface area contributed by atoms with Crippen LogP contribution < -0.4 is 5.32 Å². The van der Waals surface area contributed by atoms with Crippen molar-refractivity contribution in [3.05, 3.63) is 48.8 Å². The van der Waals surface area contributed by atoms with Crippen LogP contribution in [0.4, 0.5) is 0 Å². The zero-order valence-electron chi connectivity index (χ0n) is 11.1. The molecule has 0 aliphatic heterocycles. The largest absolute Gasteiger partial charge is 0.301 e. The molecule has 102 valence electrons. The fraction of sp³-hybridized carbons (Fsp3) is 0.357. The van der Waals surface area contributed by atoms with Crippen LogP contribution in [0.2, 0.25) is 0 Å². The Balaban J connectivity index is 2.10. The summed E-state index contributed by atoms with van der Waals surface area (Å²) in [6.45, 7) is 6.41. The second kappa shape index (κ2) is 6.48. The highest BCUT2D eigenvalue weighted by atomic mass is 79.9. The SMILES string of the molecule is Cc1cnc(C(C)NC(C)c2ccc(Br)cc2Br)s1. The summed E-state index contributed by atoms with van der Waals surface area (Å²) in [5.41, 5.74) is 1.25. The molecule has 19 heavy (non-hydrogen) atoms. The van der Waals surface area contributed by atoms with Crippen molar-refractivity contribution in [3.63, 3.8) is 0 Å². The number of hydrogen-bond acceptors (Lipinski definition) is 3. The molecular weight excluding hydrogens is 388 g/mol. The summed E-state index contributed by atoms with van der Waals surface area (Å²) in [4.78, 5) is 5.69. The number of benzene rings is 1. The summed E-state index contributed by atoms with van der Waals surface area (Å²) < 4.78 is 2.20. The Bertz CT molecular complexity index is 568. The molecule has 2 atom stereocenters. The molecular formula is C14H16Br2N2S. The van der Waals surface area contributed by atoms with Crippen LogP contribution in [0, 0.1) is 6.92 Å². The van der Waals surface area contributed by atoms with E-state index in [1.807, 2.05) is 6.20 Å². The third-order valence-corrected chi connectivity index (χ3v) is 5.21. The second-order valence-corrected chi connectivity index (χ2v) is 7.62. The molecule has 0 spiro atoms. The van der Waals surface area contributed by atoms with Crippen molar-refractivity contribution in [2.45, 2.75) is 32.9 Å². The summed E-state index contributed by atoms with van der Waals surface area (Å²) in [7, 11) is 0. The summed E-state index contributed by atoms with van der Waals surface area (Å²) in [6, 6.07) is 6.79. The van der Waals surface area contributed by atoms with E-state index in [0.29, 0.717) is 0 Å². The Labute approximate surface area is 134 Å². The smallest absolute Gasteiger partial charge is 0.109 e. The second-order valence-electron chi connectivity index (χ2n) is 4.59. The minimum atomic E-state index is 0.254. The molecule has 2 unspecified atom stereocenters. The van der Waals surface area contributed by atoms with Gasteiger partial charge >= 0.3 is 0 Å². The molecule has 2 aromatic rings. The van der Waals surface area contributed by atoms with E-state index in [1.165, 1.54) is 10.4 Å². The van der Waals surface area contributed by atoms with Gasteiger partial charge in [-0.3, -0.25) is 0 Å². The molecule has 2 nitrogen and oxygen atoms in total. The Morgan fingerprint density at radius 3 is 2.53 bits per heavy atom. The molecule has 0 amide bonds. The highest BCUT2D eigenvalue weighted by Gasteiger charge is 2.15. The Morgan fingerprint density at radius 1 is 1.21 bits per heavy atom. The van der Waals surface area contributed by atoms with Gasteiger partial charge in [0.1, 0.15) is 5.01 Å². The van der Waals surface area contributed by atoms with Crippen molar-refractivity contribution in [2.24, 2.45) is 0 Å². The average Bonchev–Trinajstić information content (AvgIpc) is 2.75. The minimum absolute atomic E-state index is 0.254. The predicted molar refractivity (Wildman–Crippen MR) is 88.7 cm³/mol. The lowest BCUT2D eigenvalue weighted by Gasteiger charge is -2.20. The van der Waals surface area contributed by atoms with Gasteiger partial charge in [0.25, 0.3) is 0 Å². The number of rotatable bonds is 4. The standard InChI is InChI=1S/C14H16Br2N2S/c1-8-7-17-14(19-8)10(3)18-9(2)12-5-4-11(15)6-13(12)16/h4-7,9-10,18H,1-3H3. The lowest BCUT2D eigenvalue weighted by molar-refractivity contribution is 0.492. The molecule has 1 N–H and O–H groups in total. The normalized spacial score (nSPS) is 14.4. The summed E-state index contributed by atoms with van der Waals surface area (Å²) in [6.07, 6.45) is 1.93. The van der Waals surface area contributed by atoms with Crippen LogP contribution in [0.25, 0.3) is 0 Å². The Kier molecular flexibility index (Phi) is 5.17. The minimum Gasteiger partial charge on any atom is -0.301 e. The number of halogens is 2. The van der Waals surface area contributed by atoms with E-state index < -0.39 is 0 Å². The monoisotopic (exact) mass is 402 g/mol. The third-order valence-electron chi connectivity index (χ3n) is 2.94. The molecule has 0 saturated heterocycles. The third kappa shape index (κ3) is 3.88. The van der Waals surface area contributed by atoms with Crippen molar-refractivity contribution in [1.82, 2.24) is 10.3 Å². The first kappa shape index (κ1) is 15.2. The number of nitrogens with zero attached hydrogens (tertiary/aromatic N) is 1. The Hall–Kier alpha value is -0.230. The van der Waals surface area contributed by atoms with E-state index in [2.05, 4.69) is 81.1 Å². The van der Waals surface area contributed by atoms with E-state index in [4.69, 9.17) is 0 Å². The highest BCUT2D eigenvalue weighted by Crippen LogP contribution is 2.29. The van der Waals surface area contributed by atoms with Gasteiger partial charge in [-0.15, -0.1) is 11.3 Å². The molecule has 5 heteroatoms. The van der Waals surface area contributed by atoms with Crippen molar-refractivity contribution in [1.29, 1.82) is 0 Å². The van der Waals surface area contributed by atoms with Gasteiger partial charge in [-0.2, -0.15) is 0 Å². The van der Waals surface area contributed by atoms with E-state index in [1.54, 1.807) is 11.3 Å². The van der Waals surface area contributed by atoms with E-state index >= 15 is 0 Å². The maximum Gasteiger partial charge on any atom is 0.109 e. The molecule has 1 aromatic carbocycles. The Morgan fingerprint density at radius 2 is 1.95 bits per heavy atom. The van der Waals surface area contributed by atoms with Crippen LogP contribution in [0.1, 0.15) is 41.4 Å². The fourth-order valence-electron chi connectivity index (χ4n) is 1.96. The van der Waals surface area contributed by atoms with Gasteiger partial charge in [0.2, 0.25) is 0 Å². The van der Waals surface area contributed by atoms with Gasteiger partial charge < -0.3 is 5.32 Å². The van der Waals surface area contributed by atoms with Crippen molar-refractivity contribution in [3.8, 4) is 0 Å². The molecule has 1 aromatic heterocycles. The molecule has 2 rings (SSSR count). The van der Waals surface area contributed by atoms with Crippen LogP contribution >= 0.6 is 43.2 Å². The zero-order valence-corrected chi connectivity index (χ0v) is 15.1. The van der Waals surface area contributed by atoms with Crippen LogP contribution in [-0.4, -0.2) is 4.98 Å². The van der Waals surface area contributed by atoms with Gasteiger partial charge in [-0.1, -0.05) is 37.9 Å². The summed E-state index contributed by atoms with van der Waals surface area (Å²) >= 11 is 8.84. The first-order chi connectivity index (χ1) is 8.97. The van der Waals surface area contributed by atoms with Crippen LogP contribution in [-0.2, 0) is 0 Å². The molecule has 0 aliphatic rings. The number of aromatic nitrogens is 1. The van der Waals surface area contributed by atoms with Crippen LogP contribution in [0.3, 0.4) is 0 Å². The number of thiazole rings is 1. The van der Waals surface area contributed by atoms with Gasteiger partial charge in [0.15, 0.2) is 0 Å². The predicted octanol–water partition coefficient (Wildman–Crippen LogP) is 5.39. The summed E-state index contributed by atoms with van der Waals surface area (Å²) in [5.74, 6) is 0. The average molecular weight is 404 g/mol. The number of aryl methyl sites for hydroxylation is 1. The van der Waals surface area contributed by atoms with Crippen LogP contribution in [0.5, 0.6) is 0 Å². The van der Waals surface area contributed by atoms with Crippen LogP contribution in [0.15, 0.2) is 33.3 Å². The van der Waals surface area contributed by atoms with Gasteiger partial charge in [0.05, 0.1) is 6.04 Å². The molecule has 0 bridgehead atoms.